The summed E-state index contributed by atoms with van der Waals surface area (Å²) in [4.78, 5) is 9.34. The molecule has 0 atom stereocenters. The molecule has 4 nitrogen and oxygen atoms in total. The zero-order chi connectivity index (χ0) is 17.0. The van der Waals surface area contributed by atoms with Crippen molar-refractivity contribution in [3.63, 3.8) is 0 Å². The summed E-state index contributed by atoms with van der Waals surface area (Å²) in [7, 11) is 0. The number of piperidine rings is 1. The van der Waals surface area contributed by atoms with Gasteiger partial charge in [-0.2, -0.15) is 13.2 Å². The van der Waals surface area contributed by atoms with E-state index in [1.54, 1.807) is 0 Å². The van der Waals surface area contributed by atoms with Crippen LogP contribution in [0.1, 0.15) is 24.1 Å². The molecule has 0 spiro atoms. The molecule has 0 aliphatic carbocycles. The molecule has 128 valence electrons. The summed E-state index contributed by atoms with van der Waals surface area (Å²) in [6.45, 7) is 2.56. The fraction of sp³-hybridized carbons (Fsp3) is 0.412. The third-order valence-electron chi connectivity index (χ3n) is 4.00. The first kappa shape index (κ1) is 16.7. The topological polar surface area (TPSA) is 38.2 Å². The first-order valence-electron chi connectivity index (χ1n) is 7.83. The highest BCUT2D eigenvalue weighted by Crippen LogP contribution is 2.29. The zero-order valence-corrected chi connectivity index (χ0v) is 13.0. The largest absolute Gasteiger partial charge is 0.474 e. The van der Waals surface area contributed by atoms with E-state index in [1.807, 2.05) is 18.2 Å². The summed E-state index contributed by atoms with van der Waals surface area (Å²) in [5.41, 5.74) is 0.275. The predicted octanol–water partition coefficient (Wildman–Crippen LogP) is 3.54. The van der Waals surface area contributed by atoms with E-state index < -0.39 is 11.9 Å². The van der Waals surface area contributed by atoms with Gasteiger partial charge in [0.2, 0.25) is 5.88 Å². The fourth-order valence-corrected chi connectivity index (χ4v) is 2.76. The van der Waals surface area contributed by atoms with Crippen molar-refractivity contribution in [1.82, 2.24) is 14.9 Å². The molecule has 1 aliphatic rings. The van der Waals surface area contributed by atoms with Gasteiger partial charge in [-0.15, -0.1) is 0 Å². The lowest BCUT2D eigenvalue weighted by Gasteiger charge is -2.31. The molecule has 1 aromatic heterocycles. The molecule has 1 aromatic carbocycles. The molecule has 0 radical (unpaired) electrons. The molecule has 24 heavy (non-hydrogen) atoms. The molecular formula is C17H18F3N3O. The van der Waals surface area contributed by atoms with Gasteiger partial charge in [-0.1, -0.05) is 30.3 Å². The Hall–Kier alpha value is -2.15. The maximum Gasteiger partial charge on any atom is 0.433 e. The number of rotatable bonds is 4. The second-order valence-electron chi connectivity index (χ2n) is 5.82. The minimum atomic E-state index is -4.49. The van der Waals surface area contributed by atoms with Crippen LogP contribution in [0.15, 0.2) is 42.7 Å². The number of halogens is 3. The van der Waals surface area contributed by atoms with E-state index >= 15 is 0 Å². The summed E-state index contributed by atoms with van der Waals surface area (Å²) in [6.07, 6.45) is -2.19. The SMILES string of the molecule is FC(F)(F)c1cc(OC2CCN(Cc3ccccc3)CC2)ncn1. The Kier molecular flexibility index (Phi) is 4.99. The highest BCUT2D eigenvalue weighted by molar-refractivity contribution is 5.16. The van der Waals surface area contributed by atoms with Gasteiger partial charge in [0.1, 0.15) is 12.4 Å². The van der Waals surface area contributed by atoms with Gasteiger partial charge in [0.25, 0.3) is 0 Å². The normalized spacial score (nSPS) is 17.0. The fourth-order valence-electron chi connectivity index (χ4n) is 2.76. The summed E-state index contributed by atoms with van der Waals surface area (Å²) < 4.78 is 43.6. The number of hydrogen-bond donors (Lipinski definition) is 0. The molecule has 0 bridgehead atoms. The minimum Gasteiger partial charge on any atom is -0.474 e. The van der Waals surface area contributed by atoms with Crippen molar-refractivity contribution in [3.05, 3.63) is 54.0 Å². The van der Waals surface area contributed by atoms with Crippen molar-refractivity contribution in [2.45, 2.75) is 31.7 Å². The minimum absolute atomic E-state index is 0.0150. The molecule has 1 aliphatic heterocycles. The number of hydrogen-bond acceptors (Lipinski definition) is 4. The highest BCUT2D eigenvalue weighted by atomic mass is 19.4. The number of likely N-dealkylation sites (tertiary alicyclic amines) is 1. The second kappa shape index (κ2) is 7.17. The van der Waals surface area contributed by atoms with E-state index in [0.29, 0.717) is 0 Å². The summed E-state index contributed by atoms with van der Waals surface area (Å²) >= 11 is 0. The summed E-state index contributed by atoms with van der Waals surface area (Å²) in [5, 5.41) is 0. The average Bonchev–Trinajstić information content (AvgIpc) is 2.57. The van der Waals surface area contributed by atoms with Crippen molar-refractivity contribution in [2.24, 2.45) is 0 Å². The molecule has 1 fully saturated rings. The maximum atomic E-state index is 12.7. The predicted molar refractivity (Wildman–Crippen MR) is 82.4 cm³/mol. The summed E-state index contributed by atoms with van der Waals surface area (Å²) in [6, 6.07) is 11.0. The van der Waals surface area contributed by atoms with E-state index in [4.69, 9.17) is 4.74 Å². The van der Waals surface area contributed by atoms with Crippen molar-refractivity contribution in [1.29, 1.82) is 0 Å². The van der Waals surface area contributed by atoms with Crippen LogP contribution in [0.4, 0.5) is 13.2 Å². The van der Waals surface area contributed by atoms with Gasteiger partial charge in [-0.05, 0) is 18.4 Å². The van der Waals surface area contributed by atoms with Crippen LogP contribution in [-0.2, 0) is 12.7 Å². The van der Waals surface area contributed by atoms with Crippen molar-refractivity contribution < 1.29 is 17.9 Å². The van der Waals surface area contributed by atoms with Gasteiger partial charge in [0.15, 0.2) is 5.69 Å². The molecule has 2 aromatic rings. The second-order valence-corrected chi connectivity index (χ2v) is 5.82. The molecule has 0 amide bonds. The quantitative estimate of drug-likeness (QED) is 0.855. The van der Waals surface area contributed by atoms with Gasteiger partial charge >= 0.3 is 6.18 Å². The van der Waals surface area contributed by atoms with Crippen LogP contribution in [-0.4, -0.2) is 34.1 Å². The Labute approximate surface area is 138 Å². The van der Waals surface area contributed by atoms with E-state index in [0.717, 1.165) is 44.9 Å². The Morgan fingerprint density at radius 2 is 1.79 bits per heavy atom. The number of aromatic nitrogens is 2. The van der Waals surface area contributed by atoms with Crippen LogP contribution in [0.3, 0.4) is 0 Å². The van der Waals surface area contributed by atoms with Crippen LogP contribution in [0.2, 0.25) is 0 Å². The lowest BCUT2D eigenvalue weighted by molar-refractivity contribution is -0.141. The standard InChI is InChI=1S/C17H18F3N3O/c18-17(19,20)15-10-16(22-12-21-15)24-14-6-8-23(9-7-14)11-13-4-2-1-3-5-13/h1-5,10,12,14H,6-9,11H2. The van der Waals surface area contributed by atoms with Crippen LogP contribution in [0, 0.1) is 0 Å². The van der Waals surface area contributed by atoms with Crippen molar-refractivity contribution in [3.8, 4) is 5.88 Å². The molecule has 1 saturated heterocycles. The van der Waals surface area contributed by atoms with Gasteiger partial charge in [-0.25, -0.2) is 9.97 Å². The maximum absolute atomic E-state index is 12.7. The molecule has 3 rings (SSSR count). The third-order valence-corrected chi connectivity index (χ3v) is 4.00. The lowest BCUT2D eigenvalue weighted by Crippen LogP contribution is -2.37. The van der Waals surface area contributed by atoms with Crippen LogP contribution in [0.25, 0.3) is 0 Å². The van der Waals surface area contributed by atoms with Crippen molar-refractivity contribution >= 4 is 0 Å². The third kappa shape index (κ3) is 4.44. The lowest BCUT2D eigenvalue weighted by atomic mass is 10.1. The Bertz CT molecular complexity index is 656. The number of alkyl halides is 3. The monoisotopic (exact) mass is 337 g/mol. The zero-order valence-electron chi connectivity index (χ0n) is 13.0. The van der Waals surface area contributed by atoms with Crippen LogP contribution in [0.5, 0.6) is 5.88 Å². The molecule has 0 saturated carbocycles. The van der Waals surface area contributed by atoms with E-state index in [-0.39, 0.29) is 12.0 Å². The van der Waals surface area contributed by atoms with Gasteiger partial charge in [-0.3, -0.25) is 4.90 Å². The Morgan fingerprint density at radius 3 is 2.46 bits per heavy atom. The molecule has 7 heteroatoms. The Morgan fingerprint density at radius 1 is 1.08 bits per heavy atom. The van der Waals surface area contributed by atoms with Gasteiger partial charge < -0.3 is 4.74 Å². The Balaban J connectivity index is 1.52. The van der Waals surface area contributed by atoms with Crippen LogP contribution < -0.4 is 4.74 Å². The number of ether oxygens (including phenoxy) is 1. The number of benzene rings is 1. The molecular weight excluding hydrogens is 319 g/mol. The first-order valence-corrected chi connectivity index (χ1v) is 7.83. The van der Waals surface area contributed by atoms with E-state index in [1.165, 1.54) is 5.56 Å². The number of nitrogens with zero attached hydrogens (tertiary/aromatic N) is 3. The van der Waals surface area contributed by atoms with Crippen LogP contribution >= 0.6 is 0 Å². The van der Waals surface area contributed by atoms with E-state index in [9.17, 15) is 13.2 Å². The highest BCUT2D eigenvalue weighted by Gasteiger charge is 2.33. The molecule has 0 unspecified atom stereocenters. The van der Waals surface area contributed by atoms with Gasteiger partial charge in [0, 0.05) is 25.7 Å². The molecule has 0 N–H and O–H groups in total. The average molecular weight is 337 g/mol. The smallest absolute Gasteiger partial charge is 0.433 e. The van der Waals surface area contributed by atoms with Crippen molar-refractivity contribution in [2.75, 3.05) is 13.1 Å². The summed E-state index contributed by atoms with van der Waals surface area (Å²) in [5.74, 6) is -0.0150. The van der Waals surface area contributed by atoms with E-state index in [2.05, 4.69) is 27.0 Å². The first-order chi connectivity index (χ1) is 11.5. The molecule has 2 heterocycles. The van der Waals surface area contributed by atoms with Gasteiger partial charge in [0.05, 0.1) is 0 Å².